The van der Waals surface area contributed by atoms with Crippen LogP contribution in [0, 0.1) is 6.92 Å². The number of benzene rings is 1. The number of ether oxygens (including phenoxy) is 1. The van der Waals surface area contributed by atoms with Crippen LogP contribution in [0.25, 0.3) is 11.3 Å². The van der Waals surface area contributed by atoms with Crippen LogP contribution in [-0.2, 0) is 4.79 Å². The number of hydrogen-bond donors (Lipinski definition) is 2. The van der Waals surface area contributed by atoms with E-state index in [0.29, 0.717) is 18.1 Å². The Morgan fingerprint density at radius 1 is 1.33 bits per heavy atom. The standard InChI is InChI=1S/C15H19N3O2S/c1-10-14(11-4-6-12(20-3)7-5-11)18-15(21-10)17-13(19)8-9-16-2/h4-7,16H,8-9H2,1-3H3,(H,17,18,19). The van der Waals surface area contributed by atoms with Gasteiger partial charge in [0.1, 0.15) is 5.75 Å². The van der Waals surface area contributed by atoms with Crippen LogP contribution in [0.3, 0.4) is 0 Å². The van der Waals surface area contributed by atoms with Gasteiger partial charge in [0.2, 0.25) is 5.91 Å². The minimum atomic E-state index is -0.0284. The topological polar surface area (TPSA) is 63.2 Å². The number of carbonyl (C=O) groups excluding carboxylic acids is 1. The second-order valence-electron chi connectivity index (χ2n) is 4.55. The number of methoxy groups -OCH3 is 1. The molecule has 0 radical (unpaired) electrons. The summed E-state index contributed by atoms with van der Waals surface area (Å²) in [4.78, 5) is 17.3. The molecule has 5 nitrogen and oxygen atoms in total. The Morgan fingerprint density at radius 3 is 2.67 bits per heavy atom. The van der Waals surface area contributed by atoms with Gasteiger partial charge in [-0.1, -0.05) is 0 Å². The lowest BCUT2D eigenvalue weighted by atomic mass is 10.1. The first kappa shape index (κ1) is 15.5. The minimum absolute atomic E-state index is 0.0284. The molecule has 1 aromatic carbocycles. The highest BCUT2D eigenvalue weighted by Gasteiger charge is 2.12. The first-order chi connectivity index (χ1) is 10.1. The van der Waals surface area contributed by atoms with E-state index in [1.165, 1.54) is 11.3 Å². The van der Waals surface area contributed by atoms with Gasteiger partial charge in [-0.3, -0.25) is 4.79 Å². The Hall–Kier alpha value is -1.92. The second kappa shape index (κ2) is 7.19. The average molecular weight is 305 g/mol. The molecule has 2 rings (SSSR count). The van der Waals surface area contributed by atoms with Crippen LogP contribution in [0.2, 0.25) is 0 Å². The van der Waals surface area contributed by atoms with E-state index in [4.69, 9.17) is 4.74 Å². The fourth-order valence-corrected chi connectivity index (χ4v) is 2.74. The van der Waals surface area contributed by atoms with Crippen LogP contribution >= 0.6 is 11.3 Å². The van der Waals surface area contributed by atoms with Gasteiger partial charge >= 0.3 is 0 Å². The predicted octanol–water partition coefficient (Wildman–Crippen LogP) is 2.68. The monoisotopic (exact) mass is 305 g/mol. The molecule has 0 atom stereocenters. The van der Waals surface area contributed by atoms with Gasteiger partial charge in [-0.05, 0) is 38.2 Å². The first-order valence-corrected chi connectivity index (χ1v) is 7.52. The molecular formula is C15H19N3O2S. The quantitative estimate of drug-likeness (QED) is 0.861. The van der Waals surface area contributed by atoms with Crippen LogP contribution in [-0.4, -0.2) is 31.6 Å². The third-order valence-electron chi connectivity index (χ3n) is 3.01. The highest BCUT2D eigenvalue weighted by atomic mass is 32.1. The molecule has 0 aliphatic heterocycles. The number of amides is 1. The Kier molecular flexibility index (Phi) is 5.30. The van der Waals surface area contributed by atoms with Crippen molar-refractivity contribution in [3.63, 3.8) is 0 Å². The van der Waals surface area contributed by atoms with Crippen LogP contribution in [0.15, 0.2) is 24.3 Å². The fourth-order valence-electron chi connectivity index (χ4n) is 1.89. The maximum absolute atomic E-state index is 11.7. The molecule has 1 aromatic heterocycles. The normalized spacial score (nSPS) is 10.4. The van der Waals surface area contributed by atoms with Crippen molar-refractivity contribution in [1.29, 1.82) is 0 Å². The zero-order valence-corrected chi connectivity index (χ0v) is 13.2. The smallest absolute Gasteiger partial charge is 0.227 e. The van der Waals surface area contributed by atoms with Crippen LogP contribution in [0.4, 0.5) is 5.13 Å². The molecule has 2 aromatic rings. The lowest BCUT2D eigenvalue weighted by Gasteiger charge is -2.02. The Balaban J connectivity index is 2.12. The van der Waals surface area contributed by atoms with E-state index >= 15 is 0 Å². The van der Waals surface area contributed by atoms with E-state index in [1.54, 1.807) is 7.11 Å². The Labute approximate surface area is 128 Å². The zero-order chi connectivity index (χ0) is 15.2. The van der Waals surface area contributed by atoms with E-state index in [1.807, 2.05) is 38.2 Å². The lowest BCUT2D eigenvalue weighted by Crippen LogP contribution is -2.18. The number of nitrogens with one attached hydrogen (secondary N) is 2. The van der Waals surface area contributed by atoms with E-state index in [-0.39, 0.29) is 5.91 Å². The number of nitrogens with zero attached hydrogens (tertiary/aromatic N) is 1. The number of aryl methyl sites for hydroxylation is 1. The third-order valence-corrected chi connectivity index (χ3v) is 3.89. The maximum atomic E-state index is 11.7. The summed E-state index contributed by atoms with van der Waals surface area (Å²) < 4.78 is 5.15. The van der Waals surface area contributed by atoms with Gasteiger partial charge in [0, 0.05) is 23.4 Å². The van der Waals surface area contributed by atoms with Gasteiger partial charge in [-0.25, -0.2) is 4.98 Å². The summed E-state index contributed by atoms with van der Waals surface area (Å²) in [6.07, 6.45) is 0.437. The molecule has 0 aliphatic rings. The summed E-state index contributed by atoms with van der Waals surface area (Å²) in [6.45, 7) is 2.65. The molecule has 0 saturated heterocycles. The highest BCUT2D eigenvalue weighted by molar-refractivity contribution is 7.16. The molecule has 0 fully saturated rings. The molecule has 21 heavy (non-hydrogen) atoms. The summed E-state index contributed by atoms with van der Waals surface area (Å²) in [6, 6.07) is 7.74. The molecule has 2 N–H and O–H groups in total. The van der Waals surface area contributed by atoms with Crippen molar-refractivity contribution < 1.29 is 9.53 Å². The van der Waals surface area contributed by atoms with Gasteiger partial charge in [-0.2, -0.15) is 0 Å². The molecule has 0 aliphatic carbocycles. The predicted molar refractivity (Wildman–Crippen MR) is 86.0 cm³/mol. The summed E-state index contributed by atoms with van der Waals surface area (Å²) in [7, 11) is 3.46. The van der Waals surface area contributed by atoms with Crippen molar-refractivity contribution in [2.75, 3.05) is 26.0 Å². The molecule has 6 heteroatoms. The largest absolute Gasteiger partial charge is 0.497 e. The summed E-state index contributed by atoms with van der Waals surface area (Å²) in [5, 5.41) is 6.42. The number of aromatic nitrogens is 1. The summed E-state index contributed by atoms with van der Waals surface area (Å²) >= 11 is 1.49. The Bertz CT molecular complexity index is 608. The molecule has 0 saturated carbocycles. The van der Waals surface area contributed by atoms with Crippen molar-refractivity contribution >= 4 is 22.4 Å². The number of hydrogen-bond acceptors (Lipinski definition) is 5. The molecule has 0 unspecified atom stereocenters. The van der Waals surface area contributed by atoms with Crippen LogP contribution in [0.1, 0.15) is 11.3 Å². The fraction of sp³-hybridized carbons (Fsp3) is 0.333. The summed E-state index contributed by atoms with van der Waals surface area (Å²) in [5.74, 6) is 0.784. The zero-order valence-electron chi connectivity index (χ0n) is 12.4. The van der Waals surface area contributed by atoms with Crippen molar-refractivity contribution in [3.05, 3.63) is 29.1 Å². The molecule has 1 heterocycles. The second-order valence-corrected chi connectivity index (χ2v) is 5.76. The SMILES string of the molecule is CNCCC(=O)Nc1nc(-c2ccc(OC)cc2)c(C)s1. The molecule has 0 bridgehead atoms. The van der Waals surface area contributed by atoms with Gasteiger partial charge in [0.25, 0.3) is 0 Å². The van der Waals surface area contributed by atoms with Crippen molar-refractivity contribution in [2.24, 2.45) is 0 Å². The van der Waals surface area contributed by atoms with E-state index in [2.05, 4.69) is 15.6 Å². The third kappa shape index (κ3) is 4.03. The van der Waals surface area contributed by atoms with Gasteiger partial charge in [0.05, 0.1) is 12.8 Å². The van der Waals surface area contributed by atoms with Crippen molar-refractivity contribution in [3.8, 4) is 17.0 Å². The highest BCUT2D eigenvalue weighted by Crippen LogP contribution is 2.31. The first-order valence-electron chi connectivity index (χ1n) is 6.70. The molecule has 1 amide bonds. The van der Waals surface area contributed by atoms with Gasteiger partial charge in [0.15, 0.2) is 5.13 Å². The molecular weight excluding hydrogens is 286 g/mol. The van der Waals surface area contributed by atoms with Gasteiger partial charge in [-0.15, -0.1) is 11.3 Å². The van der Waals surface area contributed by atoms with Crippen molar-refractivity contribution in [2.45, 2.75) is 13.3 Å². The number of thiazole rings is 1. The minimum Gasteiger partial charge on any atom is -0.497 e. The van der Waals surface area contributed by atoms with Crippen LogP contribution < -0.4 is 15.4 Å². The number of carbonyl (C=O) groups is 1. The average Bonchev–Trinajstić information content (AvgIpc) is 2.85. The lowest BCUT2D eigenvalue weighted by molar-refractivity contribution is -0.116. The maximum Gasteiger partial charge on any atom is 0.227 e. The number of rotatable bonds is 6. The van der Waals surface area contributed by atoms with E-state index in [0.717, 1.165) is 21.9 Å². The molecule has 112 valence electrons. The number of anilines is 1. The van der Waals surface area contributed by atoms with E-state index < -0.39 is 0 Å². The molecule has 0 spiro atoms. The van der Waals surface area contributed by atoms with Crippen molar-refractivity contribution in [1.82, 2.24) is 10.3 Å². The van der Waals surface area contributed by atoms with Gasteiger partial charge < -0.3 is 15.4 Å². The Morgan fingerprint density at radius 2 is 2.05 bits per heavy atom. The summed E-state index contributed by atoms with van der Waals surface area (Å²) in [5.41, 5.74) is 1.91. The van der Waals surface area contributed by atoms with Crippen LogP contribution in [0.5, 0.6) is 5.75 Å². The van der Waals surface area contributed by atoms with E-state index in [9.17, 15) is 4.79 Å².